The standard InChI is InChI=1S/C15H19N3O3S/c1-11(2)21-14(19)10-22-15-17-16-13(18(15)3)9-20-12-7-5-4-6-8-12/h4-8,11H,9-10H2,1-3H3. The third-order valence-corrected chi connectivity index (χ3v) is 3.72. The molecule has 0 aliphatic rings. The summed E-state index contributed by atoms with van der Waals surface area (Å²) in [6.07, 6.45) is -0.109. The first-order chi connectivity index (χ1) is 10.6. The Morgan fingerprint density at radius 3 is 2.68 bits per heavy atom. The Hall–Kier alpha value is -2.02. The Labute approximate surface area is 133 Å². The highest BCUT2D eigenvalue weighted by atomic mass is 32.2. The van der Waals surface area contributed by atoms with Gasteiger partial charge in [0.2, 0.25) is 0 Å². The molecule has 0 saturated carbocycles. The van der Waals surface area contributed by atoms with Crippen LogP contribution in [0.15, 0.2) is 35.5 Å². The van der Waals surface area contributed by atoms with Crippen LogP contribution in [-0.2, 0) is 23.2 Å². The number of hydrogen-bond acceptors (Lipinski definition) is 6. The number of ether oxygens (including phenoxy) is 2. The maximum atomic E-state index is 11.5. The number of carbonyl (C=O) groups excluding carboxylic acids is 1. The molecular weight excluding hydrogens is 302 g/mol. The van der Waals surface area contributed by atoms with Crippen molar-refractivity contribution in [3.63, 3.8) is 0 Å². The van der Waals surface area contributed by atoms with Gasteiger partial charge in [0, 0.05) is 7.05 Å². The van der Waals surface area contributed by atoms with Gasteiger partial charge in [0.1, 0.15) is 12.4 Å². The summed E-state index contributed by atoms with van der Waals surface area (Å²) in [7, 11) is 1.85. The molecule has 118 valence electrons. The van der Waals surface area contributed by atoms with Crippen molar-refractivity contribution in [2.75, 3.05) is 5.75 Å². The molecule has 1 heterocycles. The van der Waals surface area contributed by atoms with E-state index in [4.69, 9.17) is 9.47 Å². The highest BCUT2D eigenvalue weighted by molar-refractivity contribution is 7.99. The van der Waals surface area contributed by atoms with Crippen LogP contribution in [0.2, 0.25) is 0 Å². The number of para-hydroxylation sites is 1. The molecule has 1 aromatic heterocycles. The molecule has 0 spiro atoms. The van der Waals surface area contributed by atoms with Crippen LogP contribution >= 0.6 is 11.8 Å². The predicted molar refractivity (Wildman–Crippen MR) is 83.7 cm³/mol. The number of nitrogens with zero attached hydrogens (tertiary/aromatic N) is 3. The van der Waals surface area contributed by atoms with Gasteiger partial charge in [-0.25, -0.2) is 0 Å². The minimum absolute atomic E-state index is 0.109. The molecule has 0 bridgehead atoms. The molecule has 0 aliphatic heterocycles. The molecule has 2 aromatic rings. The monoisotopic (exact) mass is 321 g/mol. The molecule has 0 fully saturated rings. The third kappa shape index (κ3) is 4.77. The molecular formula is C15H19N3O3S. The van der Waals surface area contributed by atoms with E-state index in [0.717, 1.165) is 5.75 Å². The van der Waals surface area contributed by atoms with Gasteiger partial charge in [0.15, 0.2) is 11.0 Å². The zero-order valence-electron chi connectivity index (χ0n) is 12.9. The molecule has 1 aromatic carbocycles. The summed E-state index contributed by atoms with van der Waals surface area (Å²) in [6, 6.07) is 9.52. The fourth-order valence-corrected chi connectivity index (χ4v) is 2.39. The van der Waals surface area contributed by atoms with E-state index in [9.17, 15) is 4.79 Å². The van der Waals surface area contributed by atoms with Crippen LogP contribution in [0.25, 0.3) is 0 Å². The van der Waals surface area contributed by atoms with E-state index in [1.54, 1.807) is 0 Å². The number of hydrogen-bond donors (Lipinski definition) is 0. The van der Waals surface area contributed by atoms with Crippen molar-refractivity contribution in [1.82, 2.24) is 14.8 Å². The second-order valence-corrected chi connectivity index (χ2v) is 5.83. The number of carbonyl (C=O) groups is 1. The first-order valence-electron chi connectivity index (χ1n) is 6.94. The molecule has 7 heteroatoms. The first kappa shape index (κ1) is 16.4. The Balaban J connectivity index is 1.88. The van der Waals surface area contributed by atoms with Crippen LogP contribution in [0.3, 0.4) is 0 Å². The number of rotatable bonds is 7. The average molecular weight is 321 g/mol. The average Bonchev–Trinajstić information content (AvgIpc) is 2.84. The van der Waals surface area contributed by atoms with Crippen LogP contribution in [0.4, 0.5) is 0 Å². The summed E-state index contributed by atoms with van der Waals surface area (Å²) >= 11 is 1.30. The minimum atomic E-state index is -0.259. The largest absolute Gasteiger partial charge is 0.486 e. The molecule has 2 rings (SSSR count). The van der Waals surface area contributed by atoms with Gasteiger partial charge in [0.05, 0.1) is 11.9 Å². The molecule has 0 N–H and O–H groups in total. The molecule has 0 atom stereocenters. The van der Waals surface area contributed by atoms with Crippen molar-refractivity contribution in [1.29, 1.82) is 0 Å². The van der Waals surface area contributed by atoms with Crippen LogP contribution in [0, 0.1) is 0 Å². The summed E-state index contributed by atoms with van der Waals surface area (Å²) < 4.78 is 12.5. The summed E-state index contributed by atoms with van der Waals surface area (Å²) in [5.41, 5.74) is 0. The fraction of sp³-hybridized carbons (Fsp3) is 0.400. The van der Waals surface area contributed by atoms with Crippen molar-refractivity contribution in [3.05, 3.63) is 36.2 Å². The number of benzene rings is 1. The molecule has 0 aliphatic carbocycles. The van der Waals surface area contributed by atoms with E-state index in [1.165, 1.54) is 11.8 Å². The fourth-order valence-electron chi connectivity index (χ4n) is 1.68. The van der Waals surface area contributed by atoms with E-state index in [0.29, 0.717) is 17.6 Å². The highest BCUT2D eigenvalue weighted by Crippen LogP contribution is 2.17. The number of thioether (sulfide) groups is 1. The van der Waals surface area contributed by atoms with Gasteiger partial charge in [-0.05, 0) is 26.0 Å². The van der Waals surface area contributed by atoms with Crippen molar-refractivity contribution in [3.8, 4) is 5.75 Å². The lowest BCUT2D eigenvalue weighted by molar-refractivity contribution is -0.144. The van der Waals surface area contributed by atoms with Crippen molar-refractivity contribution < 1.29 is 14.3 Å². The molecule has 22 heavy (non-hydrogen) atoms. The highest BCUT2D eigenvalue weighted by Gasteiger charge is 2.13. The molecule has 0 saturated heterocycles. The third-order valence-electron chi connectivity index (χ3n) is 2.72. The first-order valence-corrected chi connectivity index (χ1v) is 7.93. The Kier molecular flexibility index (Phi) is 5.83. The molecule has 0 radical (unpaired) electrons. The van der Waals surface area contributed by atoms with Gasteiger partial charge >= 0.3 is 5.97 Å². The zero-order valence-corrected chi connectivity index (χ0v) is 13.7. The van der Waals surface area contributed by atoms with Gasteiger partial charge in [0.25, 0.3) is 0 Å². The predicted octanol–water partition coefficient (Wildman–Crippen LogP) is 2.44. The Bertz CT molecular complexity index is 614. The van der Waals surface area contributed by atoms with Gasteiger partial charge in [-0.1, -0.05) is 30.0 Å². The normalized spacial score (nSPS) is 10.7. The lowest BCUT2D eigenvalue weighted by Crippen LogP contribution is -2.13. The smallest absolute Gasteiger partial charge is 0.316 e. The van der Waals surface area contributed by atoms with E-state index in [1.807, 2.05) is 55.8 Å². The zero-order chi connectivity index (χ0) is 15.9. The topological polar surface area (TPSA) is 66.2 Å². The summed E-state index contributed by atoms with van der Waals surface area (Å²) in [4.78, 5) is 11.5. The SMILES string of the molecule is CC(C)OC(=O)CSc1nnc(COc2ccccc2)n1C. The molecule has 0 amide bonds. The van der Waals surface area contributed by atoms with E-state index in [-0.39, 0.29) is 17.8 Å². The summed E-state index contributed by atoms with van der Waals surface area (Å²) in [5, 5.41) is 8.81. The Morgan fingerprint density at radius 2 is 2.00 bits per heavy atom. The maximum Gasteiger partial charge on any atom is 0.316 e. The van der Waals surface area contributed by atoms with E-state index in [2.05, 4.69) is 10.2 Å². The number of aromatic nitrogens is 3. The quantitative estimate of drug-likeness (QED) is 0.576. The van der Waals surface area contributed by atoms with Crippen molar-refractivity contribution >= 4 is 17.7 Å². The summed E-state index contributed by atoms with van der Waals surface area (Å²) in [5.74, 6) is 1.43. The van der Waals surface area contributed by atoms with E-state index < -0.39 is 0 Å². The molecule has 0 unspecified atom stereocenters. The second kappa shape index (κ2) is 7.84. The van der Waals surface area contributed by atoms with Crippen LogP contribution in [0.1, 0.15) is 19.7 Å². The van der Waals surface area contributed by atoms with Crippen molar-refractivity contribution in [2.24, 2.45) is 7.05 Å². The lowest BCUT2D eigenvalue weighted by Gasteiger charge is -2.08. The van der Waals surface area contributed by atoms with Crippen LogP contribution < -0.4 is 4.74 Å². The van der Waals surface area contributed by atoms with E-state index >= 15 is 0 Å². The van der Waals surface area contributed by atoms with Crippen molar-refractivity contribution in [2.45, 2.75) is 31.7 Å². The van der Waals surface area contributed by atoms with Gasteiger partial charge in [-0.15, -0.1) is 10.2 Å². The summed E-state index contributed by atoms with van der Waals surface area (Å²) in [6.45, 7) is 3.97. The van der Waals surface area contributed by atoms with Crippen LogP contribution in [-0.4, -0.2) is 32.6 Å². The van der Waals surface area contributed by atoms with Crippen LogP contribution in [0.5, 0.6) is 5.75 Å². The van der Waals surface area contributed by atoms with Gasteiger partial charge in [-0.2, -0.15) is 0 Å². The minimum Gasteiger partial charge on any atom is -0.486 e. The maximum absolute atomic E-state index is 11.5. The molecule has 6 nitrogen and oxygen atoms in total. The van der Waals surface area contributed by atoms with Gasteiger partial charge in [-0.3, -0.25) is 4.79 Å². The Morgan fingerprint density at radius 1 is 1.27 bits per heavy atom. The lowest BCUT2D eigenvalue weighted by atomic mass is 10.3. The van der Waals surface area contributed by atoms with Gasteiger partial charge < -0.3 is 14.0 Å². The number of esters is 1. The second-order valence-electron chi connectivity index (χ2n) is 4.89.